The Balaban J connectivity index is 1.64. The van der Waals surface area contributed by atoms with E-state index >= 15 is 0 Å². The molecule has 0 spiro atoms. The molecule has 0 bridgehead atoms. The van der Waals surface area contributed by atoms with E-state index in [0.717, 1.165) is 24.2 Å². The van der Waals surface area contributed by atoms with Gasteiger partial charge in [0.15, 0.2) is 12.4 Å². The van der Waals surface area contributed by atoms with Crippen LogP contribution in [0.1, 0.15) is 36.0 Å². The first kappa shape index (κ1) is 13.1. The summed E-state index contributed by atoms with van der Waals surface area (Å²) >= 11 is 0. The highest BCUT2D eigenvalue weighted by atomic mass is 19.1. The molecule has 1 fully saturated rings. The second kappa shape index (κ2) is 5.58. The van der Waals surface area contributed by atoms with Gasteiger partial charge in [-0.1, -0.05) is 5.16 Å². The van der Waals surface area contributed by atoms with Gasteiger partial charge in [0.2, 0.25) is 0 Å². The zero-order chi connectivity index (χ0) is 13.9. The molecule has 0 unspecified atom stereocenters. The molecule has 0 aliphatic heterocycles. The van der Waals surface area contributed by atoms with E-state index in [4.69, 9.17) is 9.26 Å². The van der Waals surface area contributed by atoms with Crippen LogP contribution in [0, 0.1) is 5.82 Å². The molecule has 3 rings (SSSR count). The van der Waals surface area contributed by atoms with Gasteiger partial charge in [-0.3, -0.25) is 0 Å². The molecule has 1 N–H and O–H groups in total. The monoisotopic (exact) mass is 277 g/mol. The fourth-order valence-corrected chi connectivity index (χ4v) is 1.99. The molecule has 1 aliphatic rings. The number of aromatic nitrogens is 2. The van der Waals surface area contributed by atoms with Gasteiger partial charge in [0.25, 0.3) is 5.89 Å². The minimum absolute atomic E-state index is 0.155. The Morgan fingerprint density at radius 2 is 2.25 bits per heavy atom. The lowest BCUT2D eigenvalue weighted by atomic mass is 10.2. The van der Waals surface area contributed by atoms with Crippen LogP contribution in [0.25, 0.3) is 0 Å². The van der Waals surface area contributed by atoms with Crippen LogP contribution in [0.4, 0.5) is 4.39 Å². The molecule has 0 saturated heterocycles. The first-order valence-corrected chi connectivity index (χ1v) is 6.64. The van der Waals surface area contributed by atoms with E-state index in [9.17, 15) is 4.39 Å². The Labute approximate surface area is 116 Å². The van der Waals surface area contributed by atoms with Crippen LogP contribution in [0.2, 0.25) is 0 Å². The Kier molecular flexibility index (Phi) is 3.64. The number of hydrogen-bond acceptors (Lipinski definition) is 5. The molecule has 20 heavy (non-hydrogen) atoms. The van der Waals surface area contributed by atoms with Crippen LogP contribution in [0.15, 0.2) is 22.7 Å². The van der Waals surface area contributed by atoms with Gasteiger partial charge in [-0.2, -0.15) is 4.98 Å². The summed E-state index contributed by atoms with van der Waals surface area (Å²) < 4.78 is 24.0. The minimum atomic E-state index is -0.322. The van der Waals surface area contributed by atoms with Gasteiger partial charge in [0.05, 0.1) is 0 Å². The predicted molar refractivity (Wildman–Crippen MR) is 69.8 cm³/mol. The summed E-state index contributed by atoms with van der Waals surface area (Å²) in [6, 6.07) is 4.61. The second-order valence-corrected chi connectivity index (χ2v) is 4.93. The maximum Gasteiger partial charge on any atom is 0.264 e. The molecule has 5 nitrogen and oxygen atoms in total. The van der Waals surface area contributed by atoms with Crippen LogP contribution >= 0.6 is 0 Å². The molecule has 6 heteroatoms. The Morgan fingerprint density at radius 3 is 3.00 bits per heavy atom. The molecule has 1 saturated carbocycles. The Hall–Kier alpha value is -1.95. The zero-order valence-electron chi connectivity index (χ0n) is 11.2. The lowest BCUT2D eigenvalue weighted by Crippen LogP contribution is -2.06. The van der Waals surface area contributed by atoms with E-state index in [0.29, 0.717) is 24.1 Å². The first-order chi connectivity index (χ1) is 9.74. The van der Waals surface area contributed by atoms with Crippen molar-refractivity contribution in [1.29, 1.82) is 0 Å². The van der Waals surface area contributed by atoms with Gasteiger partial charge in [-0.05, 0) is 37.6 Å². The maximum absolute atomic E-state index is 13.4. The molecule has 1 heterocycles. The topological polar surface area (TPSA) is 60.2 Å². The van der Waals surface area contributed by atoms with Gasteiger partial charge >= 0.3 is 0 Å². The van der Waals surface area contributed by atoms with Crippen LogP contribution in [-0.4, -0.2) is 17.2 Å². The normalized spacial score (nSPS) is 14.5. The number of benzene rings is 1. The van der Waals surface area contributed by atoms with Gasteiger partial charge in [-0.25, -0.2) is 4.39 Å². The highest BCUT2D eigenvalue weighted by Gasteiger charge is 2.28. The summed E-state index contributed by atoms with van der Waals surface area (Å²) in [5.74, 6) is 1.76. The third-order valence-corrected chi connectivity index (χ3v) is 3.10. The van der Waals surface area contributed by atoms with Crippen molar-refractivity contribution in [3.8, 4) is 5.75 Å². The van der Waals surface area contributed by atoms with E-state index in [-0.39, 0.29) is 12.4 Å². The van der Waals surface area contributed by atoms with E-state index < -0.39 is 0 Å². The number of ether oxygens (including phenoxy) is 1. The molecule has 0 amide bonds. The lowest BCUT2D eigenvalue weighted by Gasteiger charge is -2.06. The number of halogens is 1. The van der Waals surface area contributed by atoms with Gasteiger partial charge in [0.1, 0.15) is 11.6 Å². The zero-order valence-corrected chi connectivity index (χ0v) is 11.2. The molecule has 106 valence electrons. The van der Waals surface area contributed by atoms with Crippen molar-refractivity contribution in [2.24, 2.45) is 0 Å². The molecular formula is C14H16FN3O2. The summed E-state index contributed by atoms with van der Waals surface area (Å²) in [6.07, 6.45) is 2.24. The largest absolute Gasteiger partial charge is 0.484 e. The summed E-state index contributed by atoms with van der Waals surface area (Å²) in [5, 5.41) is 6.88. The van der Waals surface area contributed by atoms with Crippen molar-refractivity contribution in [3.63, 3.8) is 0 Å². The molecule has 0 radical (unpaired) electrons. The molecule has 2 aromatic rings. The Morgan fingerprint density at radius 1 is 1.40 bits per heavy atom. The second-order valence-electron chi connectivity index (χ2n) is 4.93. The fourth-order valence-electron chi connectivity index (χ4n) is 1.99. The average molecular weight is 277 g/mol. The van der Waals surface area contributed by atoms with Gasteiger partial charge in [-0.15, -0.1) is 0 Å². The van der Waals surface area contributed by atoms with Crippen molar-refractivity contribution in [3.05, 3.63) is 41.3 Å². The van der Waals surface area contributed by atoms with E-state index in [1.165, 1.54) is 12.1 Å². The Bertz CT molecular complexity index is 596. The number of nitrogens with one attached hydrogen (secondary N) is 1. The van der Waals surface area contributed by atoms with Crippen molar-refractivity contribution >= 4 is 0 Å². The minimum Gasteiger partial charge on any atom is -0.484 e. The summed E-state index contributed by atoms with van der Waals surface area (Å²) in [7, 11) is 1.81. The third kappa shape index (κ3) is 3.14. The SMILES string of the molecule is CNCc1cc(F)cc(OCc2nc(C3CC3)no2)c1. The number of nitrogens with zero attached hydrogens (tertiary/aromatic N) is 2. The highest BCUT2D eigenvalue weighted by Crippen LogP contribution is 2.38. The fraction of sp³-hybridized carbons (Fsp3) is 0.429. The van der Waals surface area contributed by atoms with Gasteiger partial charge in [0, 0.05) is 18.5 Å². The standard InChI is InChI=1S/C14H16FN3O2/c1-16-7-9-4-11(15)6-12(5-9)19-8-13-17-14(18-20-13)10-2-3-10/h4-6,10,16H,2-3,7-8H2,1H3. The van der Waals surface area contributed by atoms with Crippen molar-refractivity contribution in [1.82, 2.24) is 15.5 Å². The summed E-state index contributed by atoms with van der Waals surface area (Å²) in [5.41, 5.74) is 0.826. The number of rotatable bonds is 6. The van der Waals surface area contributed by atoms with Crippen molar-refractivity contribution in [2.45, 2.75) is 31.9 Å². The van der Waals surface area contributed by atoms with E-state index in [1.54, 1.807) is 6.07 Å². The molecule has 0 atom stereocenters. The third-order valence-electron chi connectivity index (χ3n) is 3.10. The quantitative estimate of drug-likeness (QED) is 0.878. The first-order valence-electron chi connectivity index (χ1n) is 6.64. The lowest BCUT2D eigenvalue weighted by molar-refractivity contribution is 0.241. The van der Waals surface area contributed by atoms with Gasteiger partial charge < -0.3 is 14.6 Å². The average Bonchev–Trinajstić information content (AvgIpc) is 3.16. The van der Waals surface area contributed by atoms with Crippen LogP contribution in [0.3, 0.4) is 0 Å². The summed E-state index contributed by atoms with van der Waals surface area (Å²) in [6.45, 7) is 0.739. The molecular weight excluding hydrogens is 261 g/mol. The smallest absolute Gasteiger partial charge is 0.264 e. The van der Waals surface area contributed by atoms with Crippen LogP contribution in [-0.2, 0) is 13.2 Å². The highest BCUT2D eigenvalue weighted by molar-refractivity contribution is 5.29. The number of hydrogen-bond donors (Lipinski definition) is 1. The maximum atomic E-state index is 13.4. The summed E-state index contributed by atoms with van der Waals surface area (Å²) in [4.78, 5) is 4.26. The van der Waals surface area contributed by atoms with E-state index in [1.807, 2.05) is 7.05 Å². The molecule has 1 aromatic carbocycles. The van der Waals surface area contributed by atoms with Crippen LogP contribution in [0.5, 0.6) is 5.75 Å². The van der Waals surface area contributed by atoms with Crippen molar-refractivity contribution in [2.75, 3.05) is 7.05 Å². The molecule has 1 aliphatic carbocycles. The van der Waals surface area contributed by atoms with Crippen molar-refractivity contribution < 1.29 is 13.7 Å². The van der Waals surface area contributed by atoms with Crippen LogP contribution < -0.4 is 10.1 Å². The van der Waals surface area contributed by atoms with E-state index in [2.05, 4.69) is 15.5 Å². The predicted octanol–water partition coefficient (Wildman–Crippen LogP) is 2.38. The molecule has 1 aromatic heterocycles.